The second kappa shape index (κ2) is 4.83. The van der Waals surface area contributed by atoms with Gasteiger partial charge in [-0.3, -0.25) is 9.59 Å². The minimum Gasteiger partial charge on any atom is -0.481 e. The molecule has 1 fully saturated rings. The van der Waals surface area contributed by atoms with Crippen LogP contribution in [0.25, 0.3) is 0 Å². The van der Waals surface area contributed by atoms with Gasteiger partial charge in [0.15, 0.2) is 0 Å². The van der Waals surface area contributed by atoms with Crippen LogP contribution >= 0.6 is 11.3 Å². The molecule has 1 N–H and O–H groups in total. The van der Waals surface area contributed by atoms with Crippen molar-refractivity contribution in [3.63, 3.8) is 0 Å². The van der Waals surface area contributed by atoms with E-state index < -0.39 is 11.9 Å². The second-order valence-corrected chi connectivity index (χ2v) is 5.24. The molecule has 0 bridgehead atoms. The summed E-state index contributed by atoms with van der Waals surface area (Å²) in [4.78, 5) is 29.6. The summed E-state index contributed by atoms with van der Waals surface area (Å²) in [6.07, 6.45) is 1.39. The Morgan fingerprint density at radius 2 is 2.35 bits per heavy atom. The quantitative estimate of drug-likeness (QED) is 0.865. The number of carboxylic acid groups (broad SMARTS) is 1. The first-order valence-corrected chi connectivity index (χ1v) is 6.39. The zero-order chi connectivity index (χ0) is 12.4. The third-order valence-electron chi connectivity index (χ3n) is 3.01. The number of aromatic nitrogens is 1. The van der Waals surface area contributed by atoms with Gasteiger partial charge in [0.1, 0.15) is 5.69 Å². The number of nitrogens with zero attached hydrogens (tertiary/aromatic N) is 2. The number of likely N-dealkylation sites (tertiary alicyclic amines) is 1. The van der Waals surface area contributed by atoms with Gasteiger partial charge in [-0.2, -0.15) is 0 Å². The van der Waals surface area contributed by atoms with Crippen LogP contribution in [0.15, 0.2) is 5.51 Å². The normalized spacial score (nSPS) is 20.3. The summed E-state index contributed by atoms with van der Waals surface area (Å²) >= 11 is 1.43. The van der Waals surface area contributed by atoms with Crippen molar-refractivity contribution in [1.29, 1.82) is 0 Å². The highest BCUT2D eigenvalue weighted by molar-refractivity contribution is 7.09. The molecule has 92 valence electrons. The molecule has 1 saturated heterocycles. The molecule has 1 unspecified atom stereocenters. The molecule has 2 heterocycles. The van der Waals surface area contributed by atoms with E-state index in [-0.39, 0.29) is 5.91 Å². The van der Waals surface area contributed by atoms with E-state index in [0.29, 0.717) is 25.2 Å². The molecule has 0 radical (unpaired) electrons. The standard InChI is InChI=1S/C11H14N2O3S/c1-7-9(12-6-17-7)10(14)13-4-2-3-8(5-13)11(15)16/h6,8H,2-5H2,1H3,(H,15,16). The summed E-state index contributed by atoms with van der Waals surface area (Å²) in [6.45, 7) is 2.77. The number of piperidine rings is 1. The number of aryl methyl sites for hydroxylation is 1. The van der Waals surface area contributed by atoms with E-state index in [2.05, 4.69) is 4.98 Å². The minimum absolute atomic E-state index is 0.144. The van der Waals surface area contributed by atoms with Crippen LogP contribution in [0.3, 0.4) is 0 Å². The lowest BCUT2D eigenvalue weighted by Gasteiger charge is -2.30. The summed E-state index contributed by atoms with van der Waals surface area (Å²) < 4.78 is 0. The molecule has 1 aliphatic heterocycles. The van der Waals surface area contributed by atoms with E-state index in [1.807, 2.05) is 6.92 Å². The summed E-state index contributed by atoms with van der Waals surface area (Å²) in [5.41, 5.74) is 2.10. The van der Waals surface area contributed by atoms with Crippen molar-refractivity contribution in [3.05, 3.63) is 16.1 Å². The first-order valence-electron chi connectivity index (χ1n) is 5.51. The molecule has 1 atom stereocenters. The smallest absolute Gasteiger partial charge is 0.308 e. The Morgan fingerprint density at radius 3 is 2.94 bits per heavy atom. The lowest BCUT2D eigenvalue weighted by atomic mass is 9.98. The van der Waals surface area contributed by atoms with Gasteiger partial charge in [0, 0.05) is 18.0 Å². The van der Waals surface area contributed by atoms with Crippen LogP contribution in [0.2, 0.25) is 0 Å². The van der Waals surface area contributed by atoms with Gasteiger partial charge in [-0.15, -0.1) is 11.3 Å². The first kappa shape index (κ1) is 12.0. The fourth-order valence-corrected chi connectivity index (χ4v) is 2.59. The van der Waals surface area contributed by atoms with Gasteiger partial charge in [-0.25, -0.2) is 4.98 Å². The Morgan fingerprint density at radius 1 is 1.59 bits per heavy atom. The van der Waals surface area contributed by atoms with Gasteiger partial charge in [-0.1, -0.05) is 0 Å². The second-order valence-electron chi connectivity index (χ2n) is 4.19. The van der Waals surface area contributed by atoms with Gasteiger partial charge in [0.25, 0.3) is 5.91 Å². The summed E-state index contributed by atoms with van der Waals surface area (Å²) in [5.74, 6) is -1.40. The van der Waals surface area contributed by atoms with Gasteiger partial charge in [0.05, 0.1) is 11.4 Å². The molecule has 0 saturated carbocycles. The fourth-order valence-electron chi connectivity index (χ4n) is 2.02. The Kier molecular flexibility index (Phi) is 3.42. The van der Waals surface area contributed by atoms with E-state index in [0.717, 1.165) is 11.3 Å². The maximum Gasteiger partial charge on any atom is 0.308 e. The van der Waals surface area contributed by atoms with Gasteiger partial charge in [0.2, 0.25) is 0 Å². The van der Waals surface area contributed by atoms with Crippen molar-refractivity contribution in [2.24, 2.45) is 5.92 Å². The molecule has 1 aromatic heterocycles. The zero-order valence-corrected chi connectivity index (χ0v) is 10.4. The highest BCUT2D eigenvalue weighted by Crippen LogP contribution is 2.20. The van der Waals surface area contributed by atoms with Crippen molar-refractivity contribution < 1.29 is 14.7 Å². The van der Waals surface area contributed by atoms with Crippen LogP contribution in [0.1, 0.15) is 28.2 Å². The number of hydrogen-bond acceptors (Lipinski definition) is 4. The SMILES string of the molecule is Cc1scnc1C(=O)N1CCCC(C(=O)O)C1. The van der Waals surface area contributed by atoms with Crippen LogP contribution in [-0.2, 0) is 4.79 Å². The maximum atomic E-state index is 12.1. The Hall–Kier alpha value is -1.43. The molecule has 1 amide bonds. The molecular weight excluding hydrogens is 240 g/mol. The van der Waals surface area contributed by atoms with Crippen molar-refractivity contribution in [2.75, 3.05) is 13.1 Å². The molecular formula is C11H14N2O3S. The number of thiazole rings is 1. The molecule has 6 heteroatoms. The zero-order valence-electron chi connectivity index (χ0n) is 9.55. The molecule has 0 aliphatic carbocycles. The number of carbonyl (C=O) groups is 2. The predicted octanol–water partition coefficient (Wildman–Crippen LogP) is 1.39. The number of aliphatic carboxylic acids is 1. The number of amides is 1. The highest BCUT2D eigenvalue weighted by atomic mass is 32.1. The first-order chi connectivity index (χ1) is 8.09. The predicted molar refractivity (Wildman–Crippen MR) is 63.1 cm³/mol. The Bertz CT molecular complexity index is 444. The van der Waals surface area contributed by atoms with E-state index in [4.69, 9.17) is 5.11 Å². The van der Waals surface area contributed by atoms with Crippen LogP contribution < -0.4 is 0 Å². The number of rotatable bonds is 2. The lowest BCUT2D eigenvalue weighted by Crippen LogP contribution is -2.42. The topological polar surface area (TPSA) is 70.5 Å². The van der Waals surface area contributed by atoms with Crippen molar-refractivity contribution >= 4 is 23.2 Å². The van der Waals surface area contributed by atoms with Crippen molar-refractivity contribution in [3.8, 4) is 0 Å². The van der Waals surface area contributed by atoms with Gasteiger partial charge < -0.3 is 10.0 Å². The summed E-state index contributed by atoms with van der Waals surface area (Å²) in [7, 11) is 0. The van der Waals surface area contributed by atoms with Crippen LogP contribution in [-0.4, -0.2) is 40.0 Å². The third kappa shape index (κ3) is 2.46. The van der Waals surface area contributed by atoms with Crippen molar-refractivity contribution in [2.45, 2.75) is 19.8 Å². The van der Waals surface area contributed by atoms with Crippen LogP contribution in [0.4, 0.5) is 0 Å². The molecule has 1 aliphatic rings. The molecule has 2 rings (SSSR count). The third-order valence-corrected chi connectivity index (χ3v) is 3.76. The lowest BCUT2D eigenvalue weighted by molar-refractivity contribution is -0.143. The molecule has 0 aromatic carbocycles. The Balaban J connectivity index is 2.10. The average molecular weight is 254 g/mol. The molecule has 0 spiro atoms. The number of carbonyl (C=O) groups excluding carboxylic acids is 1. The average Bonchev–Trinajstić information content (AvgIpc) is 2.74. The fraction of sp³-hybridized carbons (Fsp3) is 0.545. The molecule has 17 heavy (non-hydrogen) atoms. The monoisotopic (exact) mass is 254 g/mol. The number of hydrogen-bond donors (Lipinski definition) is 1. The van der Waals surface area contributed by atoms with Gasteiger partial charge in [-0.05, 0) is 19.8 Å². The van der Waals surface area contributed by atoms with E-state index in [9.17, 15) is 9.59 Å². The van der Waals surface area contributed by atoms with Gasteiger partial charge >= 0.3 is 5.97 Å². The maximum absolute atomic E-state index is 12.1. The van der Waals surface area contributed by atoms with E-state index >= 15 is 0 Å². The summed E-state index contributed by atoms with van der Waals surface area (Å²) in [5, 5.41) is 8.97. The minimum atomic E-state index is -0.822. The Labute approximate surface area is 103 Å². The highest BCUT2D eigenvalue weighted by Gasteiger charge is 2.29. The van der Waals surface area contributed by atoms with E-state index in [1.165, 1.54) is 11.3 Å². The summed E-state index contributed by atoms with van der Waals surface area (Å²) in [6, 6.07) is 0. The van der Waals surface area contributed by atoms with Crippen LogP contribution in [0, 0.1) is 12.8 Å². The van der Waals surface area contributed by atoms with E-state index in [1.54, 1.807) is 10.4 Å². The number of carboxylic acids is 1. The largest absolute Gasteiger partial charge is 0.481 e. The van der Waals surface area contributed by atoms with Crippen molar-refractivity contribution in [1.82, 2.24) is 9.88 Å². The molecule has 5 nitrogen and oxygen atoms in total. The van der Waals surface area contributed by atoms with Crippen LogP contribution in [0.5, 0.6) is 0 Å². The molecule has 1 aromatic rings.